The first-order valence-electron chi connectivity index (χ1n) is 9.14. The number of benzene rings is 2. The van der Waals surface area contributed by atoms with E-state index in [1.165, 1.54) is 30.3 Å². The summed E-state index contributed by atoms with van der Waals surface area (Å²) in [5, 5.41) is 0.926. The second-order valence-corrected chi connectivity index (χ2v) is 11.0. The molecule has 1 aliphatic rings. The molecule has 0 N–H and O–H groups in total. The Balaban J connectivity index is 2.26. The maximum absolute atomic E-state index is 13.6. The Hall–Kier alpha value is -2.61. The highest BCUT2D eigenvalue weighted by Crippen LogP contribution is 2.38. The van der Waals surface area contributed by atoms with Crippen LogP contribution in [0.2, 0.25) is 0 Å². The topological polar surface area (TPSA) is 117 Å². The van der Waals surface area contributed by atoms with Gasteiger partial charge in [0.05, 0.1) is 26.3 Å². The molecule has 0 amide bonds. The van der Waals surface area contributed by atoms with Gasteiger partial charge in [-0.05, 0) is 42.1 Å². The molecule has 152 valence electrons. The second kappa shape index (κ2) is 8.41. The standard InChI is InChI=1S/C20H21N3O4S2/c1-2-15-13-14-18(22-23-21)20(29(26,27)17-11-7-4-8-12-17)19(15)28(24,25)16-9-5-3-6-10-16/h3-15,18-20H,2H2,1H3/t15-,18+,19?,20?/m1/s1. The first-order valence-corrected chi connectivity index (χ1v) is 12.2. The van der Waals surface area contributed by atoms with Crippen LogP contribution in [0.5, 0.6) is 0 Å². The third kappa shape index (κ3) is 3.94. The average Bonchev–Trinajstić information content (AvgIpc) is 2.74. The molecule has 2 aromatic rings. The SMILES string of the molecule is CC[C@@H]1C=C[C@H](N=[N+]=[N-])C(S(=O)(=O)c2ccccc2)C1S(=O)(=O)c1ccccc1. The first-order chi connectivity index (χ1) is 13.8. The Bertz CT molecular complexity index is 1140. The Kier molecular flexibility index (Phi) is 6.12. The molecular formula is C20H21N3O4S2. The number of hydrogen-bond acceptors (Lipinski definition) is 5. The lowest BCUT2D eigenvalue weighted by atomic mass is 9.90. The van der Waals surface area contributed by atoms with Gasteiger partial charge in [0.25, 0.3) is 0 Å². The Labute approximate surface area is 170 Å². The van der Waals surface area contributed by atoms with E-state index < -0.39 is 42.1 Å². The lowest BCUT2D eigenvalue weighted by Gasteiger charge is -2.37. The fourth-order valence-electron chi connectivity index (χ4n) is 3.75. The van der Waals surface area contributed by atoms with Crippen molar-refractivity contribution in [3.63, 3.8) is 0 Å². The van der Waals surface area contributed by atoms with Gasteiger partial charge in [0.15, 0.2) is 19.7 Å². The van der Waals surface area contributed by atoms with Crippen LogP contribution in [-0.4, -0.2) is 33.4 Å². The van der Waals surface area contributed by atoms with E-state index in [0.717, 1.165) is 0 Å². The zero-order valence-corrected chi connectivity index (χ0v) is 17.4. The molecule has 29 heavy (non-hydrogen) atoms. The summed E-state index contributed by atoms with van der Waals surface area (Å²) >= 11 is 0. The molecular weight excluding hydrogens is 410 g/mol. The van der Waals surface area contributed by atoms with Crippen LogP contribution in [0.3, 0.4) is 0 Å². The normalized spacial score (nSPS) is 24.6. The molecule has 3 rings (SSSR count). The lowest BCUT2D eigenvalue weighted by Crippen LogP contribution is -2.51. The number of nitrogens with zero attached hydrogens (tertiary/aromatic N) is 3. The van der Waals surface area contributed by atoms with Crippen molar-refractivity contribution in [1.82, 2.24) is 0 Å². The van der Waals surface area contributed by atoms with Crippen LogP contribution in [0.25, 0.3) is 10.4 Å². The van der Waals surface area contributed by atoms with Crippen molar-refractivity contribution in [3.8, 4) is 0 Å². The number of sulfone groups is 2. The molecule has 0 saturated heterocycles. The quantitative estimate of drug-likeness (QED) is 0.298. The fraction of sp³-hybridized carbons (Fsp3) is 0.300. The van der Waals surface area contributed by atoms with Gasteiger partial charge in [0.1, 0.15) is 0 Å². The van der Waals surface area contributed by atoms with Crippen LogP contribution in [0.4, 0.5) is 0 Å². The molecule has 0 heterocycles. The van der Waals surface area contributed by atoms with Crippen molar-refractivity contribution in [1.29, 1.82) is 0 Å². The summed E-state index contributed by atoms with van der Waals surface area (Å²) in [6.07, 6.45) is 3.59. The molecule has 0 spiro atoms. The smallest absolute Gasteiger partial charge is 0.183 e. The van der Waals surface area contributed by atoms with Gasteiger partial charge in [-0.25, -0.2) is 16.8 Å². The molecule has 2 unspecified atom stereocenters. The van der Waals surface area contributed by atoms with Crippen molar-refractivity contribution in [2.75, 3.05) is 0 Å². The van der Waals surface area contributed by atoms with Gasteiger partial charge in [-0.2, -0.15) is 0 Å². The number of allylic oxidation sites excluding steroid dienone is 1. The van der Waals surface area contributed by atoms with Crippen LogP contribution in [-0.2, 0) is 19.7 Å². The highest BCUT2D eigenvalue weighted by atomic mass is 32.2. The molecule has 7 nitrogen and oxygen atoms in total. The molecule has 0 fully saturated rings. The first kappa shape index (κ1) is 21.1. The van der Waals surface area contributed by atoms with Crippen molar-refractivity contribution in [2.24, 2.45) is 11.0 Å². The Morgan fingerprint density at radius 3 is 1.76 bits per heavy atom. The van der Waals surface area contributed by atoms with E-state index in [-0.39, 0.29) is 9.79 Å². The molecule has 0 saturated carbocycles. The largest absolute Gasteiger partial charge is 0.223 e. The van der Waals surface area contributed by atoms with Crippen LogP contribution < -0.4 is 0 Å². The molecule has 0 radical (unpaired) electrons. The van der Waals surface area contributed by atoms with E-state index >= 15 is 0 Å². The summed E-state index contributed by atoms with van der Waals surface area (Å²) in [5.41, 5.74) is 8.98. The number of hydrogen-bond donors (Lipinski definition) is 0. The Morgan fingerprint density at radius 2 is 1.31 bits per heavy atom. The monoisotopic (exact) mass is 431 g/mol. The minimum Gasteiger partial charge on any atom is -0.223 e. The molecule has 9 heteroatoms. The van der Waals surface area contributed by atoms with Gasteiger partial charge in [0, 0.05) is 4.91 Å². The van der Waals surface area contributed by atoms with Gasteiger partial charge < -0.3 is 0 Å². The van der Waals surface area contributed by atoms with E-state index in [9.17, 15) is 16.8 Å². The maximum Gasteiger partial charge on any atom is 0.183 e. The van der Waals surface area contributed by atoms with Crippen LogP contribution in [0, 0.1) is 5.92 Å². The van der Waals surface area contributed by atoms with Gasteiger partial charge >= 0.3 is 0 Å². The van der Waals surface area contributed by atoms with Gasteiger partial charge in [0.2, 0.25) is 0 Å². The summed E-state index contributed by atoms with van der Waals surface area (Å²) < 4.78 is 54.2. The predicted octanol–water partition coefficient (Wildman–Crippen LogP) is 3.95. The van der Waals surface area contributed by atoms with E-state index in [1.807, 2.05) is 6.92 Å². The minimum absolute atomic E-state index is 0.00144. The third-order valence-electron chi connectivity index (χ3n) is 5.15. The zero-order chi connectivity index (χ0) is 21.1. The van der Waals surface area contributed by atoms with Crippen molar-refractivity contribution in [2.45, 2.75) is 39.7 Å². The summed E-state index contributed by atoms with van der Waals surface area (Å²) in [5.74, 6) is -0.533. The fourth-order valence-corrected chi connectivity index (χ4v) is 8.65. The molecule has 4 atom stereocenters. The van der Waals surface area contributed by atoms with Gasteiger partial charge in [-0.3, -0.25) is 0 Å². The summed E-state index contributed by atoms with van der Waals surface area (Å²) in [7, 11) is -8.14. The van der Waals surface area contributed by atoms with Gasteiger partial charge in [-0.15, -0.1) is 0 Å². The highest BCUT2D eigenvalue weighted by Gasteiger charge is 2.50. The average molecular weight is 432 g/mol. The number of rotatable bonds is 6. The molecule has 1 aliphatic carbocycles. The van der Waals surface area contributed by atoms with Crippen molar-refractivity contribution >= 4 is 19.7 Å². The van der Waals surface area contributed by atoms with Crippen LogP contribution in [0.1, 0.15) is 13.3 Å². The Morgan fingerprint density at radius 1 is 0.828 bits per heavy atom. The molecule has 2 aromatic carbocycles. The minimum atomic E-state index is -4.11. The predicted molar refractivity (Wildman–Crippen MR) is 111 cm³/mol. The van der Waals surface area contributed by atoms with E-state index in [0.29, 0.717) is 6.42 Å². The van der Waals surface area contributed by atoms with Gasteiger partial charge in [-0.1, -0.05) is 60.6 Å². The van der Waals surface area contributed by atoms with Crippen molar-refractivity contribution in [3.05, 3.63) is 83.3 Å². The van der Waals surface area contributed by atoms with E-state index in [4.69, 9.17) is 5.53 Å². The lowest BCUT2D eigenvalue weighted by molar-refractivity contribution is 0.463. The third-order valence-corrected chi connectivity index (χ3v) is 9.83. The van der Waals surface area contributed by atoms with E-state index in [2.05, 4.69) is 10.0 Å². The molecule has 0 bridgehead atoms. The summed E-state index contributed by atoms with van der Waals surface area (Å²) in [4.78, 5) is 2.82. The van der Waals surface area contributed by atoms with Crippen LogP contribution >= 0.6 is 0 Å². The summed E-state index contributed by atoms with van der Waals surface area (Å²) in [6, 6.07) is 14.3. The highest BCUT2D eigenvalue weighted by molar-refractivity contribution is 7.96. The number of azide groups is 1. The second-order valence-electron chi connectivity index (χ2n) is 6.80. The maximum atomic E-state index is 13.6. The van der Waals surface area contributed by atoms with Crippen molar-refractivity contribution < 1.29 is 16.8 Å². The van der Waals surface area contributed by atoms with E-state index in [1.54, 1.807) is 42.5 Å². The zero-order valence-electron chi connectivity index (χ0n) is 15.7. The summed E-state index contributed by atoms with van der Waals surface area (Å²) in [6.45, 7) is 1.81. The molecule has 0 aromatic heterocycles. The van der Waals surface area contributed by atoms with Crippen LogP contribution in [0.15, 0.2) is 87.7 Å². The molecule has 0 aliphatic heterocycles.